The molecule has 5 heteroatoms. The third-order valence-corrected chi connectivity index (χ3v) is 4.68. The summed E-state index contributed by atoms with van der Waals surface area (Å²) >= 11 is 0. The molecule has 1 heterocycles. The second kappa shape index (κ2) is 10.1. The minimum atomic E-state index is -1.56. The van der Waals surface area contributed by atoms with E-state index in [1.54, 1.807) is 0 Å². The van der Waals surface area contributed by atoms with E-state index in [2.05, 4.69) is 32.6 Å². The highest BCUT2D eigenvalue weighted by Gasteiger charge is 2.25. The molecule has 25 heavy (non-hydrogen) atoms. The molecule has 1 fully saturated rings. The van der Waals surface area contributed by atoms with Gasteiger partial charge in [0.1, 0.15) is 5.75 Å². The second-order valence-electron chi connectivity index (χ2n) is 7.30. The van der Waals surface area contributed by atoms with E-state index in [1.165, 1.54) is 12.8 Å². The Labute approximate surface area is 157 Å². The van der Waals surface area contributed by atoms with Crippen molar-refractivity contribution in [3.05, 3.63) is 29.3 Å². The monoisotopic (exact) mass is 371 g/mol. The van der Waals surface area contributed by atoms with Crippen molar-refractivity contribution < 1.29 is 13.9 Å². The molecule has 0 N–H and O–H groups in total. The lowest BCUT2D eigenvalue weighted by molar-refractivity contribution is -0.140. The highest BCUT2D eigenvalue weighted by Crippen LogP contribution is 2.34. The topological polar surface area (TPSA) is 29.5 Å². The Kier molecular flexibility index (Phi) is 8.87. The van der Waals surface area contributed by atoms with Crippen LogP contribution in [0, 0.1) is 0 Å². The van der Waals surface area contributed by atoms with Gasteiger partial charge in [-0.05, 0) is 48.9 Å². The number of halogens is 2. The average molecular weight is 372 g/mol. The number of ether oxygens (including phenoxy) is 1. The number of alkyl halides is 1. The first-order valence-corrected chi connectivity index (χ1v) is 9.11. The zero-order valence-electron chi connectivity index (χ0n) is 15.8. The van der Waals surface area contributed by atoms with Crippen LogP contribution in [0.3, 0.4) is 0 Å². The SMILES string of the molecule is CC(C)c1cccc(C(C)C)c1OC(=O)C(F)CCN1CCCC1.Cl. The highest BCUT2D eigenvalue weighted by molar-refractivity contribution is 5.85. The standard InChI is InChI=1S/C20H30FNO2.ClH/c1-14(2)16-8-7-9-17(15(3)4)19(16)24-20(23)18(21)10-13-22-11-5-6-12-22;/h7-9,14-15,18H,5-6,10-13H2,1-4H3;1H. The van der Waals surface area contributed by atoms with Crippen molar-refractivity contribution in [2.75, 3.05) is 19.6 Å². The molecule has 0 aromatic heterocycles. The zero-order chi connectivity index (χ0) is 17.7. The van der Waals surface area contributed by atoms with Crippen LogP contribution in [0.4, 0.5) is 4.39 Å². The summed E-state index contributed by atoms with van der Waals surface area (Å²) in [5.41, 5.74) is 1.92. The molecule has 3 nitrogen and oxygen atoms in total. The van der Waals surface area contributed by atoms with Gasteiger partial charge in [0, 0.05) is 13.0 Å². The molecule has 0 spiro atoms. The molecule has 1 atom stereocenters. The Morgan fingerprint density at radius 1 is 1.12 bits per heavy atom. The molecular weight excluding hydrogens is 341 g/mol. The quantitative estimate of drug-likeness (QED) is 0.494. The van der Waals surface area contributed by atoms with Crippen molar-refractivity contribution >= 4 is 18.4 Å². The van der Waals surface area contributed by atoms with E-state index < -0.39 is 12.1 Å². The van der Waals surface area contributed by atoms with Crippen LogP contribution in [0.25, 0.3) is 0 Å². The smallest absolute Gasteiger partial charge is 0.346 e. The summed E-state index contributed by atoms with van der Waals surface area (Å²) in [5.74, 6) is 0.226. The normalized spacial score (nSPS) is 16.1. The Bertz CT molecular complexity index is 530. The first-order valence-electron chi connectivity index (χ1n) is 9.11. The highest BCUT2D eigenvalue weighted by atomic mass is 35.5. The van der Waals surface area contributed by atoms with Crippen LogP contribution >= 0.6 is 12.4 Å². The molecule has 0 aliphatic carbocycles. The fourth-order valence-corrected chi connectivity index (χ4v) is 3.19. The van der Waals surface area contributed by atoms with Crippen LogP contribution in [-0.2, 0) is 4.79 Å². The van der Waals surface area contributed by atoms with E-state index in [-0.39, 0.29) is 30.7 Å². The van der Waals surface area contributed by atoms with Gasteiger partial charge in [-0.1, -0.05) is 45.9 Å². The van der Waals surface area contributed by atoms with E-state index in [0.29, 0.717) is 12.3 Å². The van der Waals surface area contributed by atoms with Crippen molar-refractivity contribution in [3.63, 3.8) is 0 Å². The number of para-hydroxylation sites is 1. The summed E-state index contributed by atoms with van der Waals surface area (Å²) in [4.78, 5) is 14.5. The average Bonchev–Trinajstić information content (AvgIpc) is 3.05. The third kappa shape index (κ3) is 5.96. The predicted octanol–water partition coefficient (Wildman–Crippen LogP) is 5.08. The van der Waals surface area contributed by atoms with Gasteiger partial charge in [-0.15, -0.1) is 12.4 Å². The van der Waals surface area contributed by atoms with Gasteiger partial charge < -0.3 is 9.64 Å². The maximum Gasteiger partial charge on any atom is 0.346 e. The van der Waals surface area contributed by atoms with E-state index in [4.69, 9.17) is 4.74 Å². The molecule has 1 unspecified atom stereocenters. The summed E-state index contributed by atoms with van der Waals surface area (Å²) in [6.45, 7) is 10.9. The number of likely N-dealkylation sites (tertiary alicyclic amines) is 1. The molecule has 0 radical (unpaired) electrons. The Balaban J connectivity index is 0.00000312. The van der Waals surface area contributed by atoms with Crippen molar-refractivity contribution in [1.82, 2.24) is 4.90 Å². The van der Waals surface area contributed by atoms with Crippen LogP contribution in [0.15, 0.2) is 18.2 Å². The van der Waals surface area contributed by atoms with E-state index in [9.17, 15) is 9.18 Å². The molecule has 0 bridgehead atoms. The number of carbonyl (C=O) groups excluding carboxylic acids is 1. The van der Waals surface area contributed by atoms with Crippen LogP contribution in [0.1, 0.15) is 69.9 Å². The van der Waals surface area contributed by atoms with E-state index in [1.807, 2.05) is 18.2 Å². The van der Waals surface area contributed by atoms with Crippen LogP contribution < -0.4 is 4.74 Å². The Hall–Kier alpha value is -1.13. The first-order chi connectivity index (χ1) is 11.4. The number of hydrogen-bond donors (Lipinski definition) is 0. The molecule has 1 aliphatic heterocycles. The lowest BCUT2D eigenvalue weighted by Gasteiger charge is -2.20. The summed E-state index contributed by atoms with van der Waals surface area (Å²) in [7, 11) is 0. The van der Waals surface area contributed by atoms with Gasteiger partial charge in [-0.2, -0.15) is 0 Å². The number of benzene rings is 1. The minimum absolute atomic E-state index is 0. The van der Waals surface area contributed by atoms with Crippen molar-refractivity contribution in [2.45, 2.75) is 65.0 Å². The Morgan fingerprint density at radius 3 is 2.12 bits per heavy atom. The lowest BCUT2D eigenvalue weighted by Crippen LogP contribution is -2.29. The van der Waals surface area contributed by atoms with Crippen LogP contribution in [0.5, 0.6) is 5.75 Å². The molecule has 1 aromatic carbocycles. The molecule has 0 amide bonds. The van der Waals surface area contributed by atoms with Gasteiger partial charge in [-0.25, -0.2) is 9.18 Å². The van der Waals surface area contributed by atoms with Crippen LogP contribution in [-0.4, -0.2) is 36.7 Å². The Morgan fingerprint density at radius 2 is 1.64 bits per heavy atom. The predicted molar refractivity (Wildman–Crippen MR) is 103 cm³/mol. The number of hydrogen-bond acceptors (Lipinski definition) is 3. The largest absolute Gasteiger partial charge is 0.424 e. The van der Waals surface area contributed by atoms with Crippen LogP contribution in [0.2, 0.25) is 0 Å². The lowest BCUT2D eigenvalue weighted by atomic mass is 9.94. The van der Waals surface area contributed by atoms with Crippen molar-refractivity contribution in [3.8, 4) is 5.75 Å². The maximum atomic E-state index is 14.3. The second-order valence-corrected chi connectivity index (χ2v) is 7.30. The number of carbonyl (C=O) groups is 1. The van der Waals surface area contributed by atoms with E-state index >= 15 is 0 Å². The maximum absolute atomic E-state index is 14.3. The minimum Gasteiger partial charge on any atom is -0.424 e. The molecular formula is C20H31ClFNO2. The molecule has 1 saturated heterocycles. The van der Waals surface area contributed by atoms with Gasteiger partial charge in [0.05, 0.1) is 0 Å². The van der Waals surface area contributed by atoms with Gasteiger partial charge in [0.2, 0.25) is 0 Å². The number of nitrogens with zero attached hydrogens (tertiary/aromatic N) is 1. The van der Waals surface area contributed by atoms with Gasteiger partial charge in [-0.3, -0.25) is 0 Å². The van der Waals surface area contributed by atoms with Gasteiger partial charge >= 0.3 is 5.97 Å². The summed E-state index contributed by atoms with van der Waals surface area (Å²) < 4.78 is 19.8. The fraction of sp³-hybridized carbons (Fsp3) is 0.650. The zero-order valence-corrected chi connectivity index (χ0v) is 16.6. The first kappa shape index (κ1) is 21.9. The van der Waals surface area contributed by atoms with Crippen molar-refractivity contribution in [2.24, 2.45) is 0 Å². The fourth-order valence-electron chi connectivity index (χ4n) is 3.19. The number of esters is 1. The summed E-state index contributed by atoms with van der Waals surface area (Å²) in [6.07, 6.45) is 0.979. The number of rotatable bonds is 7. The van der Waals surface area contributed by atoms with Crippen molar-refractivity contribution in [1.29, 1.82) is 0 Å². The molecule has 1 aromatic rings. The molecule has 142 valence electrons. The summed E-state index contributed by atoms with van der Waals surface area (Å²) in [6, 6.07) is 5.88. The van der Waals surface area contributed by atoms with E-state index in [0.717, 1.165) is 24.2 Å². The molecule has 1 aliphatic rings. The molecule has 0 saturated carbocycles. The summed E-state index contributed by atoms with van der Waals surface area (Å²) in [5, 5.41) is 0. The third-order valence-electron chi connectivity index (χ3n) is 4.68. The molecule has 2 rings (SSSR count). The van der Waals surface area contributed by atoms with Gasteiger partial charge in [0.15, 0.2) is 6.17 Å². The van der Waals surface area contributed by atoms with Gasteiger partial charge in [0.25, 0.3) is 0 Å².